The molecule has 0 saturated carbocycles. The van der Waals surface area contributed by atoms with Crippen molar-refractivity contribution in [3.05, 3.63) is 88.5 Å². The van der Waals surface area contributed by atoms with Crippen LogP contribution in [0.5, 0.6) is 11.5 Å². The Labute approximate surface area is 201 Å². The van der Waals surface area contributed by atoms with Crippen molar-refractivity contribution in [2.75, 3.05) is 14.2 Å². The van der Waals surface area contributed by atoms with Gasteiger partial charge in [0.2, 0.25) is 0 Å². The number of ether oxygens (including phenoxy) is 2. The lowest BCUT2D eigenvalue weighted by Gasteiger charge is -2.22. The van der Waals surface area contributed by atoms with Crippen molar-refractivity contribution in [2.45, 2.75) is 59.3 Å². The number of rotatable bonds is 8. The second kappa shape index (κ2) is 11.0. The number of hydrogen-bond acceptors (Lipinski definition) is 2. The molecule has 0 aromatic heterocycles. The van der Waals surface area contributed by atoms with Crippen LogP contribution in [0, 0.1) is 0 Å². The Kier molecular flexibility index (Phi) is 8.38. The molecule has 3 aromatic carbocycles. The van der Waals surface area contributed by atoms with Crippen LogP contribution in [0.2, 0.25) is 0 Å². The van der Waals surface area contributed by atoms with E-state index in [0.29, 0.717) is 17.8 Å². The molecule has 0 spiro atoms. The highest BCUT2D eigenvalue weighted by Crippen LogP contribution is 2.34. The van der Waals surface area contributed by atoms with Crippen LogP contribution in [0.4, 0.5) is 0 Å². The lowest BCUT2D eigenvalue weighted by Crippen LogP contribution is -2.17. The second-order valence-corrected chi connectivity index (χ2v) is 10.5. The molecule has 0 aliphatic heterocycles. The normalized spacial score (nSPS) is 11.5. The molecular weight excluding hydrogens is 423 g/mol. The molecule has 0 fully saturated rings. The van der Waals surface area contributed by atoms with E-state index in [9.17, 15) is 0 Å². The molecule has 0 bridgehead atoms. The van der Waals surface area contributed by atoms with Crippen molar-refractivity contribution >= 4 is 18.8 Å². The van der Waals surface area contributed by atoms with Crippen molar-refractivity contribution in [1.82, 2.24) is 0 Å². The summed E-state index contributed by atoms with van der Waals surface area (Å²) >= 11 is 0. The second-order valence-electron chi connectivity index (χ2n) is 9.37. The molecule has 0 unspecified atom stereocenters. The third-order valence-corrected chi connectivity index (χ3v) is 7.50. The monoisotopic (exact) mass is 460 g/mol. The third-order valence-electron chi connectivity index (χ3n) is 6.05. The van der Waals surface area contributed by atoms with E-state index in [1.165, 1.54) is 27.3 Å². The molecule has 0 amide bonds. The summed E-state index contributed by atoms with van der Waals surface area (Å²) in [5.74, 6) is 3.11. The maximum absolute atomic E-state index is 5.80. The van der Waals surface area contributed by atoms with Crippen LogP contribution in [0.25, 0.3) is 0 Å². The molecule has 0 heterocycles. The maximum Gasteiger partial charge on any atom is 0.127 e. The highest BCUT2D eigenvalue weighted by molar-refractivity contribution is 7.50. The molecular formula is C30H37O2P. The van der Waals surface area contributed by atoms with Gasteiger partial charge in [0.1, 0.15) is 11.5 Å². The largest absolute Gasteiger partial charge is 0.496 e. The van der Waals surface area contributed by atoms with Crippen LogP contribution in [-0.4, -0.2) is 19.5 Å². The Morgan fingerprint density at radius 1 is 0.636 bits per heavy atom. The lowest BCUT2D eigenvalue weighted by molar-refractivity contribution is 0.412. The molecule has 3 heteroatoms. The van der Waals surface area contributed by atoms with Crippen molar-refractivity contribution in [3.63, 3.8) is 0 Å². The van der Waals surface area contributed by atoms with E-state index in [-0.39, 0.29) is 0 Å². The van der Waals surface area contributed by atoms with Gasteiger partial charge in [-0.15, -0.1) is 0 Å². The molecule has 0 radical (unpaired) electrons. The first-order valence-corrected chi connectivity index (χ1v) is 12.7. The molecule has 3 rings (SSSR count). The molecule has 0 atom stereocenters. The van der Waals surface area contributed by atoms with E-state index < -0.39 is 0 Å². The Balaban J connectivity index is 2.43. The predicted molar refractivity (Wildman–Crippen MR) is 144 cm³/mol. The lowest BCUT2D eigenvalue weighted by atomic mass is 9.89. The Hall–Kier alpha value is -2.57. The first-order valence-electron chi connectivity index (χ1n) is 11.8. The van der Waals surface area contributed by atoms with Crippen LogP contribution >= 0.6 is 8.20 Å². The van der Waals surface area contributed by atoms with Crippen molar-refractivity contribution in [3.8, 4) is 11.5 Å². The Morgan fingerprint density at radius 3 is 1.42 bits per heavy atom. The van der Waals surface area contributed by atoms with E-state index >= 15 is 0 Å². The van der Waals surface area contributed by atoms with Crippen molar-refractivity contribution < 1.29 is 9.47 Å². The summed E-state index contributed by atoms with van der Waals surface area (Å²) in [4.78, 5) is 0. The van der Waals surface area contributed by atoms with Gasteiger partial charge < -0.3 is 9.47 Å². The minimum absolute atomic E-state index is 0.431. The van der Waals surface area contributed by atoms with Gasteiger partial charge in [-0.05, 0) is 46.6 Å². The smallest absolute Gasteiger partial charge is 0.127 e. The first-order chi connectivity index (χ1) is 15.8. The van der Waals surface area contributed by atoms with Gasteiger partial charge in [-0.2, -0.15) is 0 Å². The van der Waals surface area contributed by atoms with Crippen LogP contribution in [0.15, 0.2) is 60.7 Å². The predicted octanol–water partition coefficient (Wildman–Crippen LogP) is 7.91. The van der Waals surface area contributed by atoms with E-state index in [4.69, 9.17) is 9.47 Å². The van der Waals surface area contributed by atoms with Gasteiger partial charge in [-0.25, -0.2) is 0 Å². The maximum atomic E-state index is 5.80. The quantitative estimate of drug-likeness (QED) is 0.318. The van der Waals surface area contributed by atoms with Crippen molar-refractivity contribution in [2.24, 2.45) is 0 Å². The zero-order valence-electron chi connectivity index (χ0n) is 21.3. The van der Waals surface area contributed by atoms with E-state index in [0.717, 1.165) is 30.8 Å². The molecule has 0 N–H and O–H groups in total. The topological polar surface area (TPSA) is 18.5 Å². The number of benzene rings is 3. The van der Waals surface area contributed by atoms with E-state index in [1.54, 1.807) is 14.2 Å². The number of methoxy groups -OCH3 is 2. The standard InChI is InChI=1S/C30H37O2P/c1-19(2)22-17-25(20(3)4)30(26(18-22)21(5)6)33-29(23-13-9-11-15-27(23)31-7)24-14-10-12-16-28(24)32-8/h9-21H,1-8H3. The molecule has 174 valence electrons. The summed E-state index contributed by atoms with van der Waals surface area (Å²) in [6.07, 6.45) is 0. The summed E-state index contributed by atoms with van der Waals surface area (Å²) in [7, 11) is 4.64. The Bertz CT molecular complexity index is 1050. The van der Waals surface area contributed by atoms with Crippen LogP contribution in [0.3, 0.4) is 0 Å². The number of para-hydroxylation sites is 2. The van der Waals surface area contributed by atoms with Crippen LogP contribution in [0.1, 0.15) is 87.1 Å². The van der Waals surface area contributed by atoms with Gasteiger partial charge in [-0.1, -0.05) is 98.3 Å². The molecule has 0 aliphatic rings. The Morgan fingerprint density at radius 2 is 1.06 bits per heavy atom. The fourth-order valence-electron chi connectivity index (χ4n) is 4.10. The summed E-state index contributed by atoms with van der Waals surface area (Å²) in [6, 6.07) is 21.4. The number of hydrogen-bond donors (Lipinski definition) is 0. The van der Waals surface area contributed by atoms with Gasteiger partial charge in [0.05, 0.1) is 14.2 Å². The average Bonchev–Trinajstić information content (AvgIpc) is 2.81. The van der Waals surface area contributed by atoms with Gasteiger partial charge in [-0.3, -0.25) is 0 Å². The van der Waals surface area contributed by atoms with Crippen LogP contribution < -0.4 is 14.8 Å². The van der Waals surface area contributed by atoms with Crippen LogP contribution in [-0.2, 0) is 0 Å². The SMILES string of the molecule is COc1ccccc1C(=Pc1c(C(C)C)cc(C(C)C)cc1C(C)C)c1ccccc1OC. The molecule has 33 heavy (non-hydrogen) atoms. The fourth-order valence-corrected chi connectivity index (χ4v) is 5.84. The average molecular weight is 461 g/mol. The first kappa shape index (κ1) is 25.1. The fraction of sp³-hybridized carbons (Fsp3) is 0.367. The molecule has 3 aromatic rings. The van der Waals surface area contributed by atoms with Gasteiger partial charge >= 0.3 is 0 Å². The minimum Gasteiger partial charge on any atom is -0.496 e. The highest BCUT2D eigenvalue weighted by atomic mass is 31.1. The zero-order chi connectivity index (χ0) is 24.1. The molecule has 0 saturated heterocycles. The summed E-state index contributed by atoms with van der Waals surface area (Å²) in [6.45, 7) is 13.8. The molecule has 2 nitrogen and oxygen atoms in total. The van der Waals surface area contributed by atoms with E-state index in [1.807, 2.05) is 24.3 Å². The third kappa shape index (κ3) is 5.50. The van der Waals surface area contributed by atoms with Crippen molar-refractivity contribution in [1.29, 1.82) is 0 Å². The van der Waals surface area contributed by atoms with E-state index in [2.05, 4.69) is 77.9 Å². The minimum atomic E-state index is 0.431. The zero-order valence-corrected chi connectivity index (χ0v) is 22.2. The highest BCUT2D eigenvalue weighted by Gasteiger charge is 2.20. The van der Waals surface area contributed by atoms with Gasteiger partial charge in [0.25, 0.3) is 0 Å². The summed E-state index contributed by atoms with van der Waals surface area (Å²) < 4.78 is 11.6. The molecule has 0 aliphatic carbocycles. The van der Waals surface area contributed by atoms with Gasteiger partial charge in [0.15, 0.2) is 0 Å². The van der Waals surface area contributed by atoms with Gasteiger partial charge in [0, 0.05) is 21.7 Å². The summed E-state index contributed by atoms with van der Waals surface area (Å²) in [5.41, 5.74) is 6.47. The summed E-state index contributed by atoms with van der Waals surface area (Å²) in [5, 5.41) is 2.60.